The lowest BCUT2D eigenvalue weighted by atomic mass is 10.0. The van der Waals surface area contributed by atoms with E-state index >= 15 is 0 Å². The standard InChI is InChI=1S/C14H21NO3/c1-2-3-8-18-13-6-4-11(5-7-13)9-12(15)10-14(16)17/h4-7,12H,2-3,8-10,15H2,1H3,(H,16,17)/t12-/m1/s1. The second-order valence-electron chi connectivity index (χ2n) is 4.41. The molecule has 1 atom stereocenters. The highest BCUT2D eigenvalue weighted by molar-refractivity contribution is 5.67. The average Bonchev–Trinajstić information content (AvgIpc) is 2.30. The molecule has 3 N–H and O–H groups in total. The largest absolute Gasteiger partial charge is 0.494 e. The van der Waals surface area contributed by atoms with E-state index in [4.69, 9.17) is 15.6 Å². The van der Waals surface area contributed by atoms with Gasteiger partial charge in [-0.15, -0.1) is 0 Å². The summed E-state index contributed by atoms with van der Waals surface area (Å²) in [6, 6.07) is 7.33. The van der Waals surface area contributed by atoms with Crippen LogP contribution in [0.1, 0.15) is 31.7 Å². The zero-order valence-corrected chi connectivity index (χ0v) is 10.8. The van der Waals surface area contributed by atoms with Crippen LogP contribution in [-0.4, -0.2) is 23.7 Å². The van der Waals surface area contributed by atoms with Crippen molar-refractivity contribution < 1.29 is 14.6 Å². The Hall–Kier alpha value is -1.55. The van der Waals surface area contributed by atoms with E-state index in [-0.39, 0.29) is 12.5 Å². The Morgan fingerprint density at radius 3 is 2.61 bits per heavy atom. The summed E-state index contributed by atoms with van der Waals surface area (Å²) in [4.78, 5) is 10.5. The molecule has 4 nitrogen and oxygen atoms in total. The van der Waals surface area contributed by atoms with E-state index in [1.54, 1.807) is 0 Å². The first-order valence-corrected chi connectivity index (χ1v) is 6.31. The highest BCUT2D eigenvalue weighted by atomic mass is 16.5. The number of aliphatic carboxylic acids is 1. The van der Waals surface area contributed by atoms with Crippen molar-refractivity contribution in [3.63, 3.8) is 0 Å². The molecule has 0 spiro atoms. The van der Waals surface area contributed by atoms with E-state index in [0.29, 0.717) is 6.42 Å². The Kier molecular flexibility index (Phi) is 6.22. The monoisotopic (exact) mass is 251 g/mol. The second-order valence-corrected chi connectivity index (χ2v) is 4.41. The maximum atomic E-state index is 10.5. The van der Waals surface area contributed by atoms with Crippen LogP contribution >= 0.6 is 0 Å². The summed E-state index contributed by atoms with van der Waals surface area (Å²) < 4.78 is 5.55. The lowest BCUT2D eigenvalue weighted by molar-refractivity contribution is -0.137. The summed E-state index contributed by atoms with van der Waals surface area (Å²) in [7, 11) is 0. The third kappa shape index (κ3) is 5.68. The fourth-order valence-corrected chi connectivity index (χ4v) is 1.66. The smallest absolute Gasteiger partial charge is 0.304 e. The first-order valence-electron chi connectivity index (χ1n) is 6.31. The molecule has 100 valence electrons. The third-order valence-electron chi connectivity index (χ3n) is 2.62. The molecule has 0 bridgehead atoms. The number of carboxylic acid groups (broad SMARTS) is 1. The number of benzene rings is 1. The second kappa shape index (κ2) is 7.71. The van der Waals surface area contributed by atoms with Crippen LogP contribution in [0.5, 0.6) is 5.75 Å². The molecule has 1 aromatic carbocycles. The van der Waals surface area contributed by atoms with E-state index in [1.807, 2.05) is 24.3 Å². The van der Waals surface area contributed by atoms with Crippen molar-refractivity contribution in [1.29, 1.82) is 0 Å². The van der Waals surface area contributed by atoms with Crippen molar-refractivity contribution in [3.8, 4) is 5.75 Å². The van der Waals surface area contributed by atoms with Crippen molar-refractivity contribution in [1.82, 2.24) is 0 Å². The van der Waals surface area contributed by atoms with Crippen LogP contribution in [0.4, 0.5) is 0 Å². The van der Waals surface area contributed by atoms with Gasteiger partial charge in [0.15, 0.2) is 0 Å². The number of carboxylic acids is 1. The van der Waals surface area contributed by atoms with E-state index in [0.717, 1.165) is 30.8 Å². The predicted molar refractivity (Wildman–Crippen MR) is 70.8 cm³/mol. The summed E-state index contributed by atoms with van der Waals surface area (Å²) >= 11 is 0. The van der Waals surface area contributed by atoms with Gasteiger partial charge < -0.3 is 15.6 Å². The molecule has 0 unspecified atom stereocenters. The van der Waals surface area contributed by atoms with Gasteiger partial charge >= 0.3 is 5.97 Å². The minimum absolute atomic E-state index is 0.00521. The molecule has 0 heterocycles. The SMILES string of the molecule is CCCCOc1ccc(C[C@@H](N)CC(=O)O)cc1. The number of ether oxygens (including phenoxy) is 1. The van der Waals surface area contributed by atoms with Crippen molar-refractivity contribution >= 4 is 5.97 Å². The molecule has 4 heteroatoms. The maximum Gasteiger partial charge on any atom is 0.304 e. The number of carbonyl (C=O) groups is 1. The average molecular weight is 251 g/mol. The Bertz CT molecular complexity index is 362. The third-order valence-corrected chi connectivity index (χ3v) is 2.62. The van der Waals surface area contributed by atoms with Crippen molar-refractivity contribution in [2.45, 2.75) is 38.6 Å². The molecule has 0 saturated heterocycles. The number of rotatable bonds is 8. The van der Waals surface area contributed by atoms with Gasteiger partial charge in [0.1, 0.15) is 5.75 Å². The maximum absolute atomic E-state index is 10.5. The topological polar surface area (TPSA) is 72.5 Å². The molecule has 0 aromatic heterocycles. The van der Waals surface area contributed by atoms with Crippen molar-refractivity contribution in [2.24, 2.45) is 5.73 Å². The first-order chi connectivity index (χ1) is 8.61. The van der Waals surface area contributed by atoms with Gasteiger partial charge in [0.2, 0.25) is 0 Å². The zero-order chi connectivity index (χ0) is 13.4. The van der Waals surface area contributed by atoms with E-state index in [1.165, 1.54) is 0 Å². The van der Waals surface area contributed by atoms with Crippen LogP contribution in [0.2, 0.25) is 0 Å². The number of unbranched alkanes of at least 4 members (excludes halogenated alkanes) is 1. The summed E-state index contributed by atoms with van der Waals surface area (Å²) in [5.41, 5.74) is 6.76. The van der Waals surface area contributed by atoms with E-state index in [9.17, 15) is 4.79 Å². The van der Waals surface area contributed by atoms with E-state index < -0.39 is 5.97 Å². The van der Waals surface area contributed by atoms with E-state index in [2.05, 4.69) is 6.92 Å². The molecule has 0 aliphatic heterocycles. The summed E-state index contributed by atoms with van der Waals surface area (Å²) in [5, 5.41) is 8.63. The van der Waals surface area contributed by atoms with Crippen molar-refractivity contribution in [2.75, 3.05) is 6.61 Å². The minimum Gasteiger partial charge on any atom is -0.494 e. The van der Waals surface area contributed by atoms with Gasteiger partial charge in [0.05, 0.1) is 13.0 Å². The molecular weight excluding hydrogens is 230 g/mol. The van der Waals surface area contributed by atoms with Crippen LogP contribution < -0.4 is 10.5 Å². The molecule has 0 aliphatic carbocycles. The summed E-state index contributed by atoms with van der Waals surface area (Å²) in [6.45, 7) is 2.85. The van der Waals surface area contributed by atoms with Crippen LogP contribution in [0.3, 0.4) is 0 Å². The first kappa shape index (κ1) is 14.5. The summed E-state index contributed by atoms with van der Waals surface area (Å²) in [5.74, 6) is -0.0129. The van der Waals surface area contributed by atoms with Gasteiger partial charge in [-0.05, 0) is 30.5 Å². The molecule has 0 aliphatic rings. The molecule has 0 saturated carbocycles. The highest BCUT2D eigenvalue weighted by Gasteiger charge is 2.08. The number of hydrogen-bond donors (Lipinski definition) is 2. The van der Waals surface area contributed by atoms with Crippen LogP contribution in [0.15, 0.2) is 24.3 Å². The fraction of sp³-hybridized carbons (Fsp3) is 0.500. The van der Waals surface area contributed by atoms with Gasteiger partial charge in [-0.25, -0.2) is 0 Å². The van der Waals surface area contributed by atoms with Gasteiger partial charge in [-0.2, -0.15) is 0 Å². The molecule has 18 heavy (non-hydrogen) atoms. The van der Waals surface area contributed by atoms with Gasteiger partial charge in [0.25, 0.3) is 0 Å². The van der Waals surface area contributed by atoms with Crippen LogP contribution in [0.25, 0.3) is 0 Å². The predicted octanol–water partition coefficient (Wildman–Crippen LogP) is 2.21. The lowest BCUT2D eigenvalue weighted by Gasteiger charge is -2.10. The Morgan fingerprint density at radius 1 is 1.39 bits per heavy atom. The Morgan fingerprint density at radius 2 is 2.06 bits per heavy atom. The van der Waals surface area contributed by atoms with Crippen molar-refractivity contribution in [3.05, 3.63) is 29.8 Å². The lowest BCUT2D eigenvalue weighted by Crippen LogP contribution is -2.26. The van der Waals surface area contributed by atoms with Gasteiger partial charge in [-0.1, -0.05) is 25.5 Å². The Labute approximate surface area is 108 Å². The molecule has 1 aromatic rings. The molecule has 1 rings (SSSR count). The molecular formula is C14H21NO3. The van der Waals surface area contributed by atoms with Gasteiger partial charge in [-0.3, -0.25) is 4.79 Å². The molecule has 0 fully saturated rings. The zero-order valence-electron chi connectivity index (χ0n) is 10.8. The van der Waals surface area contributed by atoms with Crippen LogP contribution in [-0.2, 0) is 11.2 Å². The Balaban J connectivity index is 2.42. The fourth-order valence-electron chi connectivity index (χ4n) is 1.66. The minimum atomic E-state index is -0.859. The van der Waals surface area contributed by atoms with Gasteiger partial charge in [0, 0.05) is 6.04 Å². The molecule has 0 amide bonds. The highest BCUT2D eigenvalue weighted by Crippen LogP contribution is 2.14. The molecule has 0 radical (unpaired) electrons. The quantitative estimate of drug-likeness (QED) is 0.695. The summed E-state index contributed by atoms with van der Waals surface area (Å²) in [6.07, 6.45) is 2.73. The van der Waals surface area contributed by atoms with Crippen LogP contribution in [0, 0.1) is 0 Å². The number of hydrogen-bond acceptors (Lipinski definition) is 3. The normalized spacial score (nSPS) is 12.1. The number of nitrogens with two attached hydrogens (primary N) is 1.